The Kier molecular flexibility index (Phi) is 9.15. The molecule has 7 heteroatoms. The number of nitrogens with zero attached hydrogens (tertiary/aromatic N) is 1. The number of anilines is 1. The number of carbonyl (C=O) groups excluding carboxylic acids is 1. The largest absolute Gasteiger partial charge is 0.490 e. The number of nitrogens with one attached hydrogen (secondary N) is 1. The molecule has 0 saturated carbocycles. The maximum Gasteiger partial charge on any atom is 0.266 e. The number of carbonyl (C=O) groups is 1. The summed E-state index contributed by atoms with van der Waals surface area (Å²) in [6.45, 7) is 4.69. The predicted molar refractivity (Wildman–Crippen MR) is 139 cm³/mol. The van der Waals surface area contributed by atoms with Crippen molar-refractivity contribution in [2.45, 2.75) is 26.9 Å². The van der Waals surface area contributed by atoms with Crippen LogP contribution in [0.3, 0.4) is 0 Å². The second-order valence-corrected chi connectivity index (χ2v) is 8.64. The molecular weight excluding hydrogens is 516 g/mol. The van der Waals surface area contributed by atoms with Crippen molar-refractivity contribution >= 4 is 45.2 Å². The van der Waals surface area contributed by atoms with Gasteiger partial charge in [0.15, 0.2) is 11.5 Å². The molecule has 3 aromatic carbocycles. The molecule has 0 heterocycles. The molecule has 0 atom stereocenters. The van der Waals surface area contributed by atoms with Crippen LogP contribution < -0.4 is 14.8 Å². The number of benzene rings is 3. The van der Waals surface area contributed by atoms with Crippen molar-refractivity contribution in [3.8, 4) is 17.6 Å². The van der Waals surface area contributed by atoms with E-state index in [-0.39, 0.29) is 5.57 Å². The van der Waals surface area contributed by atoms with E-state index < -0.39 is 5.91 Å². The first-order valence-corrected chi connectivity index (χ1v) is 12.0. The number of amides is 1. The van der Waals surface area contributed by atoms with Crippen LogP contribution in [0, 0.1) is 11.3 Å². The van der Waals surface area contributed by atoms with Crippen molar-refractivity contribution in [2.24, 2.45) is 0 Å². The third kappa shape index (κ3) is 6.86. The van der Waals surface area contributed by atoms with Crippen molar-refractivity contribution in [1.29, 1.82) is 5.26 Å². The highest BCUT2D eigenvalue weighted by Gasteiger charge is 2.15. The van der Waals surface area contributed by atoms with Crippen LogP contribution in [0.5, 0.6) is 11.5 Å². The second-order valence-electron chi connectivity index (χ2n) is 7.35. The van der Waals surface area contributed by atoms with Gasteiger partial charge in [-0.1, -0.05) is 42.8 Å². The topological polar surface area (TPSA) is 71.3 Å². The van der Waals surface area contributed by atoms with Gasteiger partial charge in [0.2, 0.25) is 0 Å². The fourth-order valence-electron chi connectivity index (χ4n) is 3.15. The van der Waals surface area contributed by atoms with E-state index >= 15 is 0 Å². The molecule has 1 N–H and O–H groups in total. The van der Waals surface area contributed by atoms with Crippen molar-refractivity contribution in [2.75, 3.05) is 11.9 Å². The molecule has 0 radical (unpaired) electrons. The highest BCUT2D eigenvalue weighted by atomic mass is 79.9. The quantitative estimate of drug-likeness (QED) is 0.231. The number of halogens is 2. The van der Waals surface area contributed by atoms with E-state index in [1.807, 2.05) is 49.4 Å². The van der Waals surface area contributed by atoms with Gasteiger partial charge in [0.25, 0.3) is 5.91 Å². The lowest BCUT2D eigenvalue weighted by Crippen LogP contribution is -2.13. The maximum atomic E-state index is 12.7. The molecule has 0 aromatic heterocycles. The Morgan fingerprint density at radius 3 is 2.35 bits per heavy atom. The second kappa shape index (κ2) is 12.3. The lowest BCUT2D eigenvalue weighted by molar-refractivity contribution is -0.112. The minimum Gasteiger partial charge on any atom is -0.490 e. The van der Waals surface area contributed by atoms with E-state index in [9.17, 15) is 10.1 Å². The Hall–Kier alpha value is -3.27. The number of ether oxygens (including phenoxy) is 2. The molecule has 0 bridgehead atoms. The summed E-state index contributed by atoms with van der Waals surface area (Å²) >= 11 is 9.48. The molecule has 3 aromatic rings. The Balaban J connectivity index is 1.81. The van der Waals surface area contributed by atoms with Crippen molar-refractivity contribution in [3.05, 3.63) is 92.4 Å². The molecule has 174 valence electrons. The van der Waals surface area contributed by atoms with Gasteiger partial charge in [-0.3, -0.25) is 4.79 Å². The van der Waals surface area contributed by atoms with Crippen molar-refractivity contribution in [1.82, 2.24) is 0 Å². The molecule has 34 heavy (non-hydrogen) atoms. The predicted octanol–water partition coefficient (Wildman–Crippen LogP) is 7.19. The summed E-state index contributed by atoms with van der Waals surface area (Å²) in [5, 5.41) is 13.0. The van der Waals surface area contributed by atoms with Crippen LogP contribution in [0.25, 0.3) is 6.08 Å². The first-order valence-electron chi connectivity index (χ1n) is 10.8. The van der Waals surface area contributed by atoms with Crippen LogP contribution in [0.15, 0.2) is 70.7 Å². The van der Waals surface area contributed by atoms with Gasteiger partial charge in [-0.15, -0.1) is 0 Å². The molecular formula is C27H24BrClN2O3. The average Bonchev–Trinajstić information content (AvgIpc) is 2.83. The summed E-state index contributed by atoms with van der Waals surface area (Å²) < 4.78 is 12.4. The number of hydrogen-bond donors (Lipinski definition) is 1. The fraction of sp³-hybridized carbons (Fsp3) is 0.185. The Labute approximate surface area is 213 Å². The van der Waals surface area contributed by atoms with E-state index in [1.165, 1.54) is 11.6 Å². The summed E-state index contributed by atoms with van der Waals surface area (Å²) in [4.78, 5) is 12.7. The van der Waals surface area contributed by atoms with E-state index in [0.29, 0.717) is 45.5 Å². The Bertz CT molecular complexity index is 1220. The number of rotatable bonds is 9. The smallest absolute Gasteiger partial charge is 0.266 e. The van der Waals surface area contributed by atoms with Crippen LogP contribution in [-0.2, 0) is 17.8 Å². The van der Waals surface area contributed by atoms with Gasteiger partial charge in [-0.25, -0.2) is 0 Å². The van der Waals surface area contributed by atoms with Crippen LogP contribution in [0.4, 0.5) is 5.69 Å². The molecule has 0 unspecified atom stereocenters. The number of nitriles is 1. The zero-order valence-electron chi connectivity index (χ0n) is 18.9. The summed E-state index contributed by atoms with van der Waals surface area (Å²) in [7, 11) is 0. The fourth-order valence-corrected chi connectivity index (χ4v) is 3.85. The first kappa shape index (κ1) is 25.4. The molecule has 3 rings (SSSR count). The zero-order chi connectivity index (χ0) is 24.5. The summed E-state index contributed by atoms with van der Waals surface area (Å²) in [6, 6.07) is 20.4. The van der Waals surface area contributed by atoms with E-state index in [1.54, 1.807) is 24.3 Å². The monoisotopic (exact) mass is 538 g/mol. The summed E-state index contributed by atoms with van der Waals surface area (Å²) in [5.41, 5.74) is 3.36. The van der Waals surface area contributed by atoms with E-state index in [2.05, 4.69) is 28.2 Å². The lowest BCUT2D eigenvalue weighted by atomic mass is 10.1. The standard InChI is InChI=1S/C27H24BrClN2O3/c1-3-18-7-11-23(12-8-18)31-27(32)21(16-30)13-20-14-24(28)26(25(15-20)33-4-2)34-17-19-5-9-22(29)10-6-19/h5-15H,3-4,17H2,1-2H3,(H,31,32)/b21-13-. The van der Waals surface area contributed by atoms with Gasteiger partial charge in [-0.2, -0.15) is 5.26 Å². The van der Waals surface area contributed by atoms with Gasteiger partial charge < -0.3 is 14.8 Å². The number of aryl methyl sites for hydroxylation is 1. The first-order chi connectivity index (χ1) is 16.4. The van der Waals surface area contributed by atoms with Gasteiger partial charge in [0, 0.05) is 10.7 Å². The van der Waals surface area contributed by atoms with Crippen LogP contribution >= 0.6 is 27.5 Å². The SMILES string of the molecule is CCOc1cc(/C=C(/C#N)C(=O)Nc2ccc(CC)cc2)cc(Br)c1OCc1ccc(Cl)cc1. The average molecular weight is 540 g/mol. The van der Waals surface area contributed by atoms with Gasteiger partial charge >= 0.3 is 0 Å². The minimum absolute atomic E-state index is 0.0243. The van der Waals surface area contributed by atoms with E-state index in [0.717, 1.165) is 12.0 Å². The third-order valence-corrected chi connectivity index (χ3v) is 5.77. The van der Waals surface area contributed by atoms with Crippen molar-refractivity contribution in [3.63, 3.8) is 0 Å². The molecule has 0 aliphatic heterocycles. The number of hydrogen-bond acceptors (Lipinski definition) is 4. The van der Waals surface area contributed by atoms with Crippen LogP contribution in [0.1, 0.15) is 30.5 Å². The molecule has 5 nitrogen and oxygen atoms in total. The lowest BCUT2D eigenvalue weighted by Gasteiger charge is -2.15. The third-order valence-electron chi connectivity index (χ3n) is 4.92. The summed E-state index contributed by atoms with van der Waals surface area (Å²) in [6.07, 6.45) is 2.43. The maximum absolute atomic E-state index is 12.7. The summed E-state index contributed by atoms with van der Waals surface area (Å²) in [5.74, 6) is 0.557. The molecule has 0 saturated heterocycles. The molecule has 0 aliphatic rings. The highest BCUT2D eigenvalue weighted by Crippen LogP contribution is 2.38. The molecule has 0 aliphatic carbocycles. The Morgan fingerprint density at radius 1 is 1.06 bits per heavy atom. The van der Waals surface area contributed by atoms with E-state index in [4.69, 9.17) is 21.1 Å². The van der Waals surface area contributed by atoms with Gasteiger partial charge in [-0.05, 0) is 88.4 Å². The van der Waals surface area contributed by atoms with Gasteiger partial charge in [0.1, 0.15) is 18.2 Å². The van der Waals surface area contributed by atoms with Gasteiger partial charge in [0.05, 0.1) is 11.1 Å². The highest BCUT2D eigenvalue weighted by molar-refractivity contribution is 9.10. The zero-order valence-corrected chi connectivity index (χ0v) is 21.2. The van der Waals surface area contributed by atoms with Crippen LogP contribution in [-0.4, -0.2) is 12.5 Å². The molecule has 0 fully saturated rings. The normalized spacial score (nSPS) is 11.0. The van der Waals surface area contributed by atoms with Crippen molar-refractivity contribution < 1.29 is 14.3 Å². The minimum atomic E-state index is -0.483. The van der Waals surface area contributed by atoms with Crippen LogP contribution in [0.2, 0.25) is 5.02 Å². The Morgan fingerprint density at radius 2 is 1.74 bits per heavy atom. The molecule has 1 amide bonds. The molecule has 0 spiro atoms.